The second kappa shape index (κ2) is 10.1. The van der Waals surface area contributed by atoms with Gasteiger partial charge in [0.1, 0.15) is 12.4 Å². The predicted octanol–water partition coefficient (Wildman–Crippen LogP) is -0.196. The molecule has 224 valence electrons. The van der Waals surface area contributed by atoms with Crippen LogP contribution < -0.4 is 17.0 Å². The summed E-state index contributed by atoms with van der Waals surface area (Å²) < 4.78 is 57.1. The number of aromatic nitrogens is 10. The molecule has 3 fully saturated rings. The van der Waals surface area contributed by atoms with Crippen molar-refractivity contribution in [1.82, 2.24) is 49.9 Å². The van der Waals surface area contributed by atoms with Crippen LogP contribution in [0.25, 0.3) is 22.3 Å². The molecule has 4 aromatic heterocycles. The van der Waals surface area contributed by atoms with Gasteiger partial charge in [0.25, 0.3) is 5.56 Å². The van der Waals surface area contributed by atoms with Crippen LogP contribution in [-0.2, 0) is 30.3 Å². The first kappa shape index (κ1) is 27.5. The van der Waals surface area contributed by atoms with Crippen molar-refractivity contribution >= 4 is 52.6 Å². The van der Waals surface area contributed by atoms with E-state index in [1.807, 2.05) is 0 Å². The SMILES string of the molecule is Nc1nc2c(nnn2[C@@H]2OC3CCC[C@H]4[C@H](F)[C@H](n5nnc6c(N)ncnc65)O[C@@H]4COP(O)(=S)O[C@@H]2[C@H]3F)c(=O)[nH]1. The summed E-state index contributed by atoms with van der Waals surface area (Å²) in [5, 5.41) is 15.6. The third-order valence-electron chi connectivity index (χ3n) is 7.54. The van der Waals surface area contributed by atoms with Gasteiger partial charge in [-0.25, -0.2) is 18.7 Å². The first-order valence-electron chi connectivity index (χ1n) is 12.8. The summed E-state index contributed by atoms with van der Waals surface area (Å²) in [6.45, 7) is -4.53. The van der Waals surface area contributed by atoms with Gasteiger partial charge in [-0.1, -0.05) is 16.8 Å². The molecule has 0 amide bonds. The molecule has 42 heavy (non-hydrogen) atoms. The van der Waals surface area contributed by atoms with Gasteiger partial charge in [-0.2, -0.15) is 14.3 Å². The second-order valence-corrected chi connectivity index (χ2v) is 12.9. The van der Waals surface area contributed by atoms with Crippen molar-refractivity contribution in [2.75, 3.05) is 18.1 Å². The molecule has 0 aromatic carbocycles. The fourth-order valence-corrected chi connectivity index (χ4v) is 7.00. The lowest BCUT2D eigenvalue weighted by molar-refractivity contribution is -0.0511. The molecular weight excluding hydrogens is 605 g/mol. The van der Waals surface area contributed by atoms with Gasteiger partial charge in [0.05, 0.1) is 18.8 Å². The Balaban J connectivity index is 1.17. The van der Waals surface area contributed by atoms with Gasteiger partial charge in [-0.05, 0) is 24.6 Å². The Kier molecular flexibility index (Phi) is 6.64. The number of H-pyrrole nitrogens is 1. The predicted molar refractivity (Wildman–Crippen MR) is 140 cm³/mol. The minimum Gasteiger partial charge on any atom is -0.382 e. The molecular formula is C20H23F2N12O6PS. The van der Waals surface area contributed by atoms with Crippen LogP contribution in [0, 0.1) is 5.92 Å². The number of rotatable bonds is 2. The third kappa shape index (κ3) is 4.51. The third-order valence-corrected chi connectivity index (χ3v) is 9.10. The van der Waals surface area contributed by atoms with Crippen molar-refractivity contribution in [3.63, 3.8) is 0 Å². The standard InChI is InChI=1S/C20H23F2N12O6PS/c21-9-6-2-1-3-7-10(22)13(19(38-7)34-16-12(30-32-34)17(35)28-20(24)27-16)40-41(36,42)37-4-8(6)39-18(9)33-15-11(29-31-33)14(23)25-5-26-15/h5-10,13,18-19H,1-4H2,(H,36,42)(H2,23,25,26)(H3,24,27,28,35)/t6-,7?,8-,9+,10+,13-,18-,19-,41?/m1/s1. The second-order valence-electron chi connectivity index (χ2n) is 10.1. The molecule has 3 saturated heterocycles. The van der Waals surface area contributed by atoms with Crippen LogP contribution in [-0.4, -0.2) is 92.1 Å². The number of halogens is 2. The van der Waals surface area contributed by atoms with Gasteiger partial charge in [0.2, 0.25) is 5.95 Å². The highest BCUT2D eigenvalue weighted by Gasteiger charge is 2.52. The summed E-state index contributed by atoms with van der Waals surface area (Å²) in [7, 11) is 0. The molecule has 9 atom stereocenters. The Morgan fingerprint density at radius 2 is 1.76 bits per heavy atom. The van der Waals surface area contributed by atoms with E-state index < -0.39 is 61.3 Å². The number of nitrogens with one attached hydrogen (secondary N) is 1. The van der Waals surface area contributed by atoms with Crippen molar-refractivity contribution in [3.05, 3.63) is 16.7 Å². The van der Waals surface area contributed by atoms with Crippen LogP contribution in [0.5, 0.6) is 0 Å². The molecule has 2 unspecified atom stereocenters. The molecule has 22 heteroatoms. The lowest BCUT2D eigenvalue weighted by Crippen LogP contribution is -2.33. The fraction of sp³-hybridized carbons (Fsp3) is 0.600. The first-order chi connectivity index (χ1) is 20.1. The van der Waals surface area contributed by atoms with Gasteiger partial charge < -0.3 is 30.4 Å². The lowest BCUT2D eigenvalue weighted by atomic mass is 9.92. The summed E-state index contributed by atoms with van der Waals surface area (Å²) in [6.07, 6.45) is -7.52. The topological polar surface area (TPSA) is 242 Å². The maximum atomic E-state index is 15.9. The lowest BCUT2D eigenvalue weighted by Gasteiger charge is -2.27. The number of anilines is 2. The van der Waals surface area contributed by atoms with Crippen molar-refractivity contribution < 1.29 is 32.2 Å². The minimum absolute atomic E-state index is 0.0756. The number of nitrogens with zero attached hydrogens (tertiary/aromatic N) is 9. The molecule has 0 spiro atoms. The summed E-state index contributed by atoms with van der Waals surface area (Å²) in [5.74, 6) is -0.902. The van der Waals surface area contributed by atoms with E-state index in [-0.39, 0.29) is 53.5 Å². The highest BCUT2D eigenvalue weighted by Crippen LogP contribution is 2.52. The fourth-order valence-electron chi connectivity index (χ4n) is 5.59. The number of hydrogen-bond donors (Lipinski definition) is 4. The molecule has 3 aliphatic heterocycles. The first-order valence-corrected chi connectivity index (χ1v) is 15.4. The van der Waals surface area contributed by atoms with E-state index in [9.17, 15) is 9.69 Å². The van der Waals surface area contributed by atoms with E-state index in [1.165, 1.54) is 11.0 Å². The number of alkyl halides is 2. The Labute approximate surface area is 237 Å². The molecule has 0 radical (unpaired) electrons. The van der Waals surface area contributed by atoms with Crippen LogP contribution in [0.4, 0.5) is 20.5 Å². The van der Waals surface area contributed by atoms with Crippen molar-refractivity contribution in [1.29, 1.82) is 0 Å². The maximum Gasteiger partial charge on any atom is 0.325 e. The quantitative estimate of drug-likeness (QED) is 0.210. The van der Waals surface area contributed by atoms with E-state index >= 15 is 8.78 Å². The Morgan fingerprint density at radius 1 is 1.02 bits per heavy atom. The summed E-state index contributed by atoms with van der Waals surface area (Å²) >= 11 is 5.19. The molecule has 6 N–H and O–H groups in total. The summed E-state index contributed by atoms with van der Waals surface area (Å²) in [6, 6.07) is 0. The highest BCUT2D eigenvalue weighted by molar-refractivity contribution is 8.07. The maximum absolute atomic E-state index is 15.9. The number of hydrogen-bond acceptors (Lipinski definition) is 15. The molecule has 18 nitrogen and oxygen atoms in total. The van der Waals surface area contributed by atoms with E-state index in [0.29, 0.717) is 6.42 Å². The summed E-state index contributed by atoms with van der Waals surface area (Å²) in [4.78, 5) is 37.5. The Bertz CT molecular complexity index is 1770. The smallest absolute Gasteiger partial charge is 0.325 e. The number of fused-ring (bicyclic) bond motifs is 5. The number of nitrogen functional groups attached to an aromatic ring is 2. The van der Waals surface area contributed by atoms with Gasteiger partial charge >= 0.3 is 6.72 Å². The van der Waals surface area contributed by atoms with Crippen LogP contribution in [0.3, 0.4) is 0 Å². The molecule has 0 aliphatic carbocycles. The summed E-state index contributed by atoms with van der Waals surface area (Å²) in [5.41, 5.74) is 11.0. The number of aromatic amines is 1. The van der Waals surface area contributed by atoms with Crippen LogP contribution in [0.2, 0.25) is 0 Å². The van der Waals surface area contributed by atoms with Crippen LogP contribution >= 0.6 is 6.72 Å². The van der Waals surface area contributed by atoms with Crippen molar-refractivity contribution in [2.24, 2.45) is 5.92 Å². The van der Waals surface area contributed by atoms with Crippen LogP contribution in [0.15, 0.2) is 11.1 Å². The minimum atomic E-state index is -4.17. The molecule has 2 bridgehead atoms. The van der Waals surface area contributed by atoms with Crippen molar-refractivity contribution in [3.8, 4) is 0 Å². The molecule has 0 saturated carbocycles. The number of ether oxygens (including phenoxy) is 2. The number of nitrogens with two attached hydrogens (primary N) is 2. The zero-order valence-corrected chi connectivity index (χ0v) is 23.0. The highest BCUT2D eigenvalue weighted by atomic mass is 32.5. The van der Waals surface area contributed by atoms with E-state index in [1.54, 1.807) is 0 Å². The Morgan fingerprint density at radius 3 is 2.57 bits per heavy atom. The van der Waals surface area contributed by atoms with E-state index in [0.717, 1.165) is 4.68 Å². The average molecular weight is 629 g/mol. The van der Waals surface area contributed by atoms with E-state index in [2.05, 4.69) is 40.6 Å². The average Bonchev–Trinajstić information content (AvgIpc) is 3.69. The normalized spacial score (nSPS) is 35.7. The molecule has 7 rings (SSSR count). The van der Waals surface area contributed by atoms with Crippen molar-refractivity contribution in [2.45, 2.75) is 62.4 Å². The van der Waals surface area contributed by atoms with Gasteiger partial charge in [-0.15, -0.1) is 10.2 Å². The largest absolute Gasteiger partial charge is 0.382 e. The van der Waals surface area contributed by atoms with Crippen LogP contribution in [0.1, 0.15) is 31.7 Å². The van der Waals surface area contributed by atoms with Gasteiger partial charge in [0.15, 0.2) is 52.9 Å². The van der Waals surface area contributed by atoms with Gasteiger partial charge in [0, 0.05) is 5.92 Å². The monoisotopic (exact) mass is 628 g/mol. The molecule has 7 heterocycles. The Hall–Kier alpha value is -3.33. The zero-order chi connectivity index (χ0) is 29.3. The zero-order valence-electron chi connectivity index (χ0n) is 21.3. The van der Waals surface area contributed by atoms with Gasteiger partial charge in [-0.3, -0.25) is 14.3 Å². The molecule has 3 aliphatic rings. The molecule has 4 aromatic rings. The van der Waals surface area contributed by atoms with E-state index in [4.69, 9.17) is 41.8 Å².